The first kappa shape index (κ1) is 20.8. The lowest BCUT2D eigenvalue weighted by atomic mass is 10.1. The summed E-state index contributed by atoms with van der Waals surface area (Å²) in [4.78, 5) is 18.5. The van der Waals surface area contributed by atoms with Crippen LogP contribution in [0, 0.1) is 0 Å². The van der Waals surface area contributed by atoms with Gasteiger partial charge in [-0.25, -0.2) is 9.67 Å². The minimum atomic E-state index is -0.240. The summed E-state index contributed by atoms with van der Waals surface area (Å²) in [5.41, 5.74) is 8.71. The van der Waals surface area contributed by atoms with E-state index in [2.05, 4.69) is 5.10 Å². The zero-order chi connectivity index (χ0) is 22.4. The number of fused-ring (bicyclic) bond motifs is 1. The lowest BCUT2D eigenvalue weighted by Gasteiger charge is -2.18. The molecule has 0 bridgehead atoms. The van der Waals surface area contributed by atoms with E-state index < -0.39 is 0 Å². The molecule has 0 saturated heterocycles. The van der Waals surface area contributed by atoms with Crippen LogP contribution in [-0.4, -0.2) is 19.3 Å². The minimum absolute atomic E-state index is 0.240. The lowest BCUT2D eigenvalue weighted by molar-refractivity contribution is 0.875. The maximum atomic E-state index is 13.7. The molecule has 5 rings (SSSR count). The van der Waals surface area contributed by atoms with Crippen molar-refractivity contribution in [3.8, 4) is 17.1 Å². The molecule has 0 aliphatic heterocycles. The van der Waals surface area contributed by atoms with E-state index in [1.807, 2.05) is 18.2 Å². The van der Waals surface area contributed by atoms with Crippen LogP contribution in [0.4, 0.5) is 5.69 Å². The molecule has 2 aromatic carbocycles. The molecule has 0 spiro atoms. The maximum absolute atomic E-state index is 13.7. The van der Waals surface area contributed by atoms with Crippen LogP contribution >= 0.6 is 34.8 Å². The van der Waals surface area contributed by atoms with Gasteiger partial charge >= 0.3 is 0 Å². The summed E-state index contributed by atoms with van der Waals surface area (Å²) in [6.07, 6.45) is 6.38. The van der Waals surface area contributed by atoms with Gasteiger partial charge in [-0.05, 0) is 67.5 Å². The molecule has 0 amide bonds. The fourth-order valence-corrected chi connectivity index (χ4v) is 4.33. The molecule has 4 aromatic rings. The third-order valence-corrected chi connectivity index (χ3v) is 6.14. The van der Waals surface area contributed by atoms with Gasteiger partial charge < -0.3 is 5.73 Å². The Kier molecular flexibility index (Phi) is 5.29. The van der Waals surface area contributed by atoms with Gasteiger partial charge in [-0.15, -0.1) is 0 Å². The van der Waals surface area contributed by atoms with Crippen molar-refractivity contribution in [2.24, 2.45) is 0 Å². The van der Waals surface area contributed by atoms with Gasteiger partial charge in [-0.3, -0.25) is 9.36 Å². The first-order valence-electron chi connectivity index (χ1n) is 9.80. The van der Waals surface area contributed by atoms with Crippen LogP contribution in [0.5, 0.6) is 0 Å². The van der Waals surface area contributed by atoms with Crippen molar-refractivity contribution in [2.45, 2.75) is 12.8 Å². The Labute approximate surface area is 198 Å². The van der Waals surface area contributed by atoms with Gasteiger partial charge in [0.05, 0.1) is 16.9 Å². The molecule has 160 valence electrons. The van der Waals surface area contributed by atoms with Crippen molar-refractivity contribution in [1.82, 2.24) is 19.3 Å². The van der Waals surface area contributed by atoms with Gasteiger partial charge in [0, 0.05) is 27.0 Å². The second-order valence-electron chi connectivity index (χ2n) is 7.36. The van der Waals surface area contributed by atoms with Crippen LogP contribution in [0.25, 0.3) is 33.8 Å². The Balaban J connectivity index is 1.83. The highest BCUT2D eigenvalue weighted by Gasteiger charge is 2.22. The first-order valence-corrected chi connectivity index (χ1v) is 10.9. The van der Waals surface area contributed by atoms with Gasteiger partial charge in [0.15, 0.2) is 11.5 Å². The standard InChI is InChI=1S/C23H16Cl3N5O/c24-13-1-6-16(7-2-13)30-21(18-10-3-14(25)11-20(18)26)29-22-19(23(30)32)12-28-31(22)17-8-4-15(27)5-9-17/h1,3-6,8-12H,2,7,27H2. The Bertz CT molecular complexity index is 1480. The van der Waals surface area contributed by atoms with E-state index in [9.17, 15) is 4.79 Å². The number of halogens is 3. The largest absolute Gasteiger partial charge is 0.399 e. The molecule has 32 heavy (non-hydrogen) atoms. The van der Waals surface area contributed by atoms with Crippen molar-refractivity contribution in [1.29, 1.82) is 0 Å². The van der Waals surface area contributed by atoms with Crippen molar-refractivity contribution in [3.63, 3.8) is 0 Å². The van der Waals surface area contributed by atoms with Crippen molar-refractivity contribution in [2.75, 3.05) is 5.73 Å². The Hall–Kier alpha value is -3.06. The first-order chi connectivity index (χ1) is 15.4. The predicted molar refractivity (Wildman–Crippen MR) is 130 cm³/mol. The zero-order valence-electron chi connectivity index (χ0n) is 16.6. The highest BCUT2D eigenvalue weighted by atomic mass is 35.5. The summed E-state index contributed by atoms with van der Waals surface area (Å²) < 4.78 is 3.19. The van der Waals surface area contributed by atoms with Crippen LogP contribution in [0.15, 0.2) is 70.6 Å². The van der Waals surface area contributed by atoms with Gasteiger partial charge in [-0.1, -0.05) is 34.8 Å². The molecule has 0 saturated carbocycles. The summed E-state index contributed by atoms with van der Waals surface area (Å²) in [7, 11) is 0. The van der Waals surface area contributed by atoms with E-state index >= 15 is 0 Å². The number of nitrogen functional groups attached to an aromatic ring is 1. The molecule has 2 N–H and O–H groups in total. The fourth-order valence-electron chi connectivity index (χ4n) is 3.68. The number of allylic oxidation sites excluding steroid dienone is 4. The topological polar surface area (TPSA) is 78.7 Å². The molecule has 0 radical (unpaired) electrons. The van der Waals surface area contributed by atoms with Crippen molar-refractivity contribution >= 4 is 57.2 Å². The molecule has 2 aromatic heterocycles. The van der Waals surface area contributed by atoms with E-state index in [-0.39, 0.29) is 5.56 Å². The van der Waals surface area contributed by atoms with E-state index in [1.165, 1.54) is 6.20 Å². The molecule has 6 nitrogen and oxygen atoms in total. The smallest absolute Gasteiger partial charge is 0.269 e. The van der Waals surface area contributed by atoms with Gasteiger partial charge in [0.2, 0.25) is 0 Å². The second kappa shape index (κ2) is 8.13. The van der Waals surface area contributed by atoms with Crippen LogP contribution in [0.3, 0.4) is 0 Å². The third kappa shape index (κ3) is 3.60. The molecular weight excluding hydrogens is 469 g/mol. The van der Waals surface area contributed by atoms with Crippen LogP contribution in [-0.2, 0) is 0 Å². The molecule has 0 atom stereocenters. The summed E-state index contributed by atoms with van der Waals surface area (Å²) in [5.74, 6) is 0.402. The molecule has 9 heteroatoms. The molecule has 1 aliphatic rings. The zero-order valence-corrected chi connectivity index (χ0v) is 18.9. The van der Waals surface area contributed by atoms with Gasteiger partial charge in [0.1, 0.15) is 5.39 Å². The number of rotatable bonds is 3. The van der Waals surface area contributed by atoms with Crippen molar-refractivity contribution in [3.05, 3.63) is 86.2 Å². The van der Waals surface area contributed by atoms with Crippen LogP contribution in [0.1, 0.15) is 12.8 Å². The second-order valence-corrected chi connectivity index (χ2v) is 8.69. The van der Waals surface area contributed by atoms with Gasteiger partial charge in [-0.2, -0.15) is 5.10 Å². The van der Waals surface area contributed by atoms with Gasteiger partial charge in [0.25, 0.3) is 5.56 Å². The minimum Gasteiger partial charge on any atom is -0.399 e. The van der Waals surface area contributed by atoms with E-state index in [0.717, 1.165) is 16.4 Å². The summed E-state index contributed by atoms with van der Waals surface area (Å²) in [5, 5.41) is 6.42. The summed E-state index contributed by atoms with van der Waals surface area (Å²) >= 11 is 18.8. The van der Waals surface area contributed by atoms with E-state index in [1.54, 1.807) is 45.7 Å². The number of benzene rings is 2. The predicted octanol–water partition coefficient (Wildman–Crippen LogP) is 5.90. The number of hydrogen-bond donors (Lipinski definition) is 1. The number of aromatic nitrogens is 4. The number of hydrogen-bond acceptors (Lipinski definition) is 4. The van der Waals surface area contributed by atoms with Crippen LogP contribution < -0.4 is 11.3 Å². The van der Waals surface area contributed by atoms with Crippen LogP contribution in [0.2, 0.25) is 10.0 Å². The average Bonchev–Trinajstić information content (AvgIpc) is 3.19. The molecule has 0 unspecified atom stereocenters. The van der Waals surface area contributed by atoms with Crippen molar-refractivity contribution < 1.29 is 0 Å². The Morgan fingerprint density at radius 2 is 1.75 bits per heavy atom. The molecule has 0 fully saturated rings. The number of nitrogens with zero attached hydrogens (tertiary/aromatic N) is 4. The third-order valence-electron chi connectivity index (χ3n) is 5.27. The molecule has 1 aliphatic carbocycles. The maximum Gasteiger partial charge on any atom is 0.269 e. The molecule has 2 heterocycles. The number of anilines is 1. The normalized spacial score (nSPS) is 13.8. The Morgan fingerprint density at radius 3 is 2.44 bits per heavy atom. The quantitative estimate of drug-likeness (QED) is 0.367. The SMILES string of the molecule is Nc1ccc(-n2ncc3c(=O)n(C4=CC=C(Cl)CC4)c(-c4ccc(Cl)cc4Cl)nc32)cc1. The fraction of sp³-hybridized carbons (Fsp3) is 0.0870. The number of nitrogens with two attached hydrogens (primary N) is 1. The molecular formula is C23H16Cl3N5O. The monoisotopic (exact) mass is 483 g/mol. The summed E-state index contributed by atoms with van der Waals surface area (Å²) in [6.45, 7) is 0. The Morgan fingerprint density at radius 1 is 0.969 bits per heavy atom. The highest BCUT2D eigenvalue weighted by Crippen LogP contribution is 2.33. The van der Waals surface area contributed by atoms with E-state index in [0.29, 0.717) is 51.0 Å². The van der Waals surface area contributed by atoms with E-state index in [4.69, 9.17) is 45.5 Å². The summed E-state index contributed by atoms with van der Waals surface area (Å²) in [6, 6.07) is 12.3. The lowest BCUT2D eigenvalue weighted by Crippen LogP contribution is -2.23. The highest BCUT2D eigenvalue weighted by molar-refractivity contribution is 6.36. The average molecular weight is 485 g/mol.